The van der Waals surface area contributed by atoms with Crippen molar-refractivity contribution in [2.24, 2.45) is 0 Å². The predicted molar refractivity (Wildman–Crippen MR) is 74.1 cm³/mol. The fraction of sp³-hybridized carbons (Fsp3) is 0.417. The fourth-order valence-corrected chi connectivity index (χ4v) is 1.35. The summed E-state index contributed by atoms with van der Waals surface area (Å²) in [5.41, 5.74) is 0.517. The van der Waals surface area contributed by atoms with E-state index in [-0.39, 0.29) is 18.4 Å². The monoisotopic (exact) mass is 293 g/mol. The second-order valence-corrected chi connectivity index (χ2v) is 3.68. The standard InChI is InChI=1S/C12H16ClNO3.ClH/c1-16-11-4-2-10(3-5-11)12(15)17-9-8-14-7-6-13;/h2-5,14H,6-9H2,1H3;1H. The molecule has 0 aliphatic carbocycles. The molecular formula is C12H17Cl2NO3. The summed E-state index contributed by atoms with van der Waals surface area (Å²) in [4.78, 5) is 11.6. The number of carbonyl (C=O) groups is 1. The lowest BCUT2D eigenvalue weighted by Crippen LogP contribution is -2.23. The molecule has 1 aromatic carbocycles. The van der Waals surface area contributed by atoms with Gasteiger partial charge in [0.15, 0.2) is 0 Å². The number of hydrogen-bond donors (Lipinski definition) is 1. The highest BCUT2D eigenvalue weighted by Gasteiger charge is 2.06. The molecule has 0 spiro atoms. The third-order valence-electron chi connectivity index (χ3n) is 2.11. The van der Waals surface area contributed by atoms with Crippen molar-refractivity contribution >= 4 is 30.0 Å². The summed E-state index contributed by atoms with van der Waals surface area (Å²) < 4.78 is 10.1. The van der Waals surface area contributed by atoms with Crippen LogP contribution in [0.15, 0.2) is 24.3 Å². The van der Waals surface area contributed by atoms with Gasteiger partial charge in [-0.1, -0.05) is 0 Å². The number of carbonyl (C=O) groups excluding carboxylic acids is 1. The Morgan fingerprint density at radius 2 is 1.94 bits per heavy atom. The highest BCUT2D eigenvalue weighted by molar-refractivity contribution is 6.18. The maximum Gasteiger partial charge on any atom is 0.338 e. The number of halogens is 2. The molecule has 1 rings (SSSR count). The topological polar surface area (TPSA) is 47.6 Å². The van der Waals surface area contributed by atoms with Crippen molar-refractivity contribution in [2.45, 2.75) is 0 Å². The summed E-state index contributed by atoms with van der Waals surface area (Å²) >= 11 is 5.49. The van der Waals surface area contributed by atoms with Gasteiger partial charge in [-0.05, 0) is 24.3 Å². The molecule has 0 unspecified atom stereocenters. The number of methoxy groups -OCH3 is 1. The fourth-order valence-electron chi connectivity index (χ4n) is 1.22. The first kappa shape index (κ1) is 17.0. The van der Waals surface area contributed by atoms with Gasteiger partial charge in [-0.15, -0.1) is 24.0 Å². The Balaban J connectivity index is 0.00000289. The zero-order valence-electron chi connectivity index (χ0n) is 10.1. The van der Waals surface area contributed by atoms with Crippen LogP contribution in [0.3, 0.4) is 0 Å². The van der Waals surface area contributed by atoms with Crippen molar-refractivity contribution < 1.29 is 14.3 Å². The minimum atomic E-state index is -0.333. The van der Waals surface area contributed by atoms with Crippen LogP contribution in [0.5, 0.6) is 5.75 Å². The van der Waals surface area contributed by atoms with Crippen LogP contribution in [-0.4, -0.2) is 38.7 Å². The van der Waals surface area contributed by atoms with Gasteiger partial charge in [0.1, 0.15) is 12.4 Å². The number of rotatable bonds is 7. The lowest BCUT2D eigenvalue weighted by molar-refractivity contribution is 0.0509. The van der Waals surface area contributed by atoms with E-state index in [1.54, 1.807) is 31.4 Å². The van der Waals surface area contributed by atoms with Crippen molar-refractivity contribution in [3.8, 4) is 5.75 Å². The van der Waals surface area contributed by atoms with Crippen molar-refractivity contribution in [2.75, 3.05) is 32.7 Å². The lowest BCUT2D eigenvalue weighted by Gasteiger charge is -2.06. The van der Waals surface area contributed by atoms with Crippen molar-refractivity contribution in [1.82, 2.24) is 5.32 Å². The normalized spacial score (nSPS) is 9.44. The van der Waals surface area contributed by atoms with Gasteiger partial charge < -0.3 is 14.8 Å². The number of esters is 1. The SMILES string of the molecule is COc1ccc(C(=O)OCCNCCCl)cc1.Cl. The van der Waals surface area contributed by atoms with Gasteiger partial charge in [0.2, 0.25) is 0 Å². The maximum atomic E-state index is 11.6. The van der Waals surface area contributed by atoms with E-state index in [9.17, 15) is 4.79 Å². The first-order valence-corrected chi connectivity index (χ1v) is 5.89. The summed E-state index contributed by atoms with van der Waals surface area (Å²) in [5, 5.41) is 3.03. The number of alkyl halides is 1. The molecule has 4 nitrogen and oxygen atoms in total. The molecule has 0 bridgehead atoms. The van der Waals surface area contributed by atoms with E-state index in [0.717, 1.165) is 0 Å². The van der Waals surface area contributed by atoms with E-state index in [2.05, 4.69) is 5.32 Å². The zero-order valence-corrected chi connectivity index (χ0v) is 11.7. The molecule has 0 amide bonds. The largest absolute Gasteiger partial charge is 0.497 e. The van der Waals surface area contributed by atoms with Crippen LogP contribution in [0.2, 0.25) is 0 Å². The molecule has 1 aromatic rings. The van der Waals surface area contributed by atoms with E-state index in [1.165, 1.54) is 0 Å². The highest BCUT2D eigenvalue weighted by atomic mass is 35.5. The Labute approximate surface area is 118 Å². The molecule has 0 aliphatic heterocycles. The Morgan fingerprint density at radius 1 is 1.28 bits per heavy atom. The smallest absolute Gasteiger partial charge is 0.338 e. The van der Waals surface area contributed by atoms with E-state index >= 15 is 0 Å². The van der Waals surface area contributed by atoms with Crippen LogP contribution in [0.4, 0.5) is 0 Å². The van der Waals surface area contributed by atoms with Crippen molar-refractivity contribution in [3.05, 3.63) is 29.8 Å². The van der Waals surface area contributed by atoms with Crippen LogP contribution >= 0.6 is 24.0 Å². The van der Waals surface area contributed by atoms with Crippen LogP contribution in [0, 0.1) is 0 Å². The third-order valence-corrected chi connectivity index (χ3v) is 2.30. The molecule has 0 aromatic heterocycles. The number of hydrogen-bond acceptors (Lipinski definition) is 4. The minimum absolute atomic E-state index is 0. The molecule has 0 heterocycles. The predicted octanol–water partition coefficient (Wildman–Crippen LogP) is 2.10. The van der Waals surface area contributed by atoms with Crippen LogP contribution < -0.4 is 10.1 Å². The van der Waals surface area contributed by atoms with E-state index in [4.69, 9.17) is 21.1 Å². The molecule has 0 aliphatic rings. The van der Waals surface area contributed by atoms with Gasteiger partial charge in [-0.3, -0.25) is 0 Å². The Bertz CT molecular complexity index is 344. The summed E-state index contributed by atoms with van der Waals surface area (Å²) in [7, 11) is 1.58. The Kier molecular flexibility index (Phi) is 9.46. The van der Waals surface area contributed by atoms with Gasteiger partial charge in [0.25, 0.3) is 0 Å². The molecule has 0 atom stereocenters. The molecule has 1 N–H and O–H groups in total. The van der Waals surface area contributed by atoms with Gasteiger partial charge in [-0.25, -0.2) is 4.79 Å². The van der Waals surface area contributed by atoms with Crippen LogP contribution in [-0.2, 0) is 4.74 Å². The van der Waals surface area contributed by atoms with Gasteiger partial charge in [0.05, 0.1) is 12.7 Å². The first-order valence-electron chi connectivity index (χ1n) is 5.36. The number of benzene rings is 1. The van der Waals surface area contributed by atoms with E-state index in [1.807, 2.05) is 0 Å². The third kappa shape index (κ3) is 6.10. The number of nitrogens with one attached hydrogen (secondary N) is 1. The first-order chi connectivity index (χ1) is 8.27. The van der Waals surface area contributed by atoms with Gasteiger partial charge in [-0.2, -0.15) is 0 Å². The molecule has 0 radical (unpaired) electrons. The average Bonchev–Trinajstić information content (AvgIpc) is 2.38. The molecule has 18 heavy (non-hydrogen) atoms. The maximum absolute atomic E-state index is 11.6. The zero-order chi connectivity index (χ0) is 12.5. The number of ether oxygens (including phenoxy) is 2. The van der Waals surface area contributed by atoms with E-state index < -0.39 is 0 Å². The Hall–Kier alpha value is -0.970. The average molecular weight is 294 g/mol. The van der Waals surface area contributed by atoms with Crippen molar-refractivity contribution in [1.29, 1.82) is 0 Å². The summed E-state index contributed by atoms with van der Waals surface area (Å²) in [6.07, 6.45) is 0. The second kappa shape index (κ2) is 10.00. The summed E-state index contributed by atoms with van der Waals surface area (Å²) in [6, 6.07) is 6.80. The van der Waals surface area contributed by atoms with E-state index in [0.29, 0.717) is 36.9 Å². The molecular weight excluding hydrogens is 277 g/mol. The summed E-state index contributed by atoms with van der Waals surface area (Å²) in [5.74, 6) is 0.928. The molecule has 6 heteroatoms. The minimum Gasteiger partial charge on any atom is -0.497 e. The Morgan fingerprint density at radius 3 is 2.50 bits per heavy atom. The van der Waals surface area contributed by atoms with Gasteiger partial charge >= 0.3 is 5.97 Å². The molecule has 0 saturated heterocycles. The molecule has 102 valence electrons. The summed E-state index contributed by atoms with van der Waals surface area (Å²) in [6.45, 7) is 1.65. The lowest BCUT2D eigenvalue weighted by atomic mass is 10.2. The highest BCUT2D eigenvalue weighted by Crippen LogP contribution is 2.11. The van der Waals surface area contributed by atoms with Crippen LogP contribution in [0.1, 0.15) is 10.4 Å². The molecule has 0 saturated carbocycles. The second-order valence-electron chi connectivity index (χ2n) is 3.30. The molecule has 0 fully saturated rings. The van der Waals surface area contributed by atoms with Crippen LogP contribution in [0.25, 0.3) is 0 Å². The van der Waals surface area contributed by atoms with Gasteiger partial charge in [0, 0.05) is 19.0 Å². The quantitative estimate of drug-likeness (QED) is 0.475. The van der Waals surface area contributed by atoms with Crippen molar-refractivity contribution in [3.63, 3.8) is 0 Å².